The SMILES string of the molecule is CCNCC(Cc1ccc(C)c(C)c1)c1cccc(F)c1. The zero-order chi connectivity index (χ0) is 15.2. The van der Waals surface area contributed by atoms with Crippen molar-refractivity contribution in [3.05, 3.63) is 70.5 Å². The zero-order valence-electron chi connectivity index (χ0n) is 13.1. The Morgan fingerprint density at radius 3 is 2.52 bits per heavy atom. The van der Waals surface area contributed by atoms with Crippen LogP contribution in [0.1, 0.15) is 35.1 Å². The van der Waals surface area contributed by atoms with E-state index in [1.165, 1.54) is 22.8 Å². The van der Waals surface area contributed by atoms with E-state index in [1.807, 2.05) is 6.07 Å². The first-order chi connectivity index (χ1) is 10.1. The topological polar surface area (TPSA) is 12.0 Å². The third-order valence-electron chi connectivity index (χ3n) is 4.01. The van der Waals surface area contributed by atoms with Gasteiger partial charge in [-0.15, -0.1) is 0 Å². The molecule has 1 nitrogen and oxygen atoms in total. The molecule has 2 rings (SSSR count). The van der Waals surface area contributed by atoms with Crippen molar-refractivity contribution in [2.45, 2.75) is 33.1 Å². The van der Waals surface area contributed by atoms with Crippen LogP contribution >= 0.6 is 0 Å². The molecule has 0 heterocycles. The minimum atomic E-state index is -0.158. The smallest absolute Gasteiger partial charge is 0.123 e. The van der Waals surface area contributed by atoms with Crippen molar-refractivity contribution in [2.75, 3.05) is 13.1 Å². The van der Waals surface area contributed by atoms with Gasteiger partial charge >= 0.3 is 0 Å². The Morgan fingerprint density at radius 1 is 1.05 bits per heavy atom. The lowest BCUT2D eigenvalue weighted by Crippen LogP contribution is -2.22. The van der Waals surface area contributed by atoms with Gasteiger partial charge in [-0.1, -0.05) is 37.3 Å². The summed E-state index contributed by atoms with van der Waals surface area (Å²) in [5.74, 6) is 0.136. The fourth-order valence-electron chi connectivity index (χ4n) is 2.60. The molecule has 1 N–H and O–H groups in total. The minimum absolute atomic E-state index is 0.158. The normalized spacial score (nSPS) is 12.4. The molecule has 2 aromatic carbocycles. The van der Waals surface area contributed by atoms with E-state index >= 15 is 0 Å². The highest BCUT2D eigenvalue weighted by Gasteiger charge is 2.13. The predicted octanol–water partition coefficient (Wildman–Crippen LogP) is 4.38. The highest BCUT2D eigenvalue weighted by Crippen LogP contribution is 2.22. The number of benzene rings is 2. The fraction of sp³-hybridized carbons (Fsp3) is 0.368. The van der Waals surface area contributed by atoms with Gasteiger partial charge in [0.15, 0.2) is 0 Å². The molecule has 0 aliphatic carbocycles. The number of aryl methyl sites for hydroxylation is 2. The van der Waals surface area contributed by atoms with Crippen molar-refractivity contribution in [2.24, 2.45) is 0 Å². The quantitative estimate of drug-likeness (QED) is 0.830. The van der Waals surface area contributed by atoms with E-state index < -0.39 is 0 Å². The van der Waals surface area contributed by atoms with E-state index in [-0.39, 0.29) is 5.82 Å². The molecule has 2 heteroatoms. The molecule has 0 aliphatic rings. The Kier molecular flexibility index (Phi) is 5.51. The first kappa shape index (κ1) is 15.7. The van der Waals surface area contributed by atoms with Crippen LogP contribution in [-0.4, -0.2) is 13.1 Å². The number of halogens is 1. The molecule has 1 atom stereocenters. The van der Waals surface area contributed by atoms with E-state index in [9.17, 15) is 4.39 Å². The molecule has 0 aromatic heterocycles. The van der Waals surface area contributed by atoms with Gasteiger partial charge in [-0.25, -0.2) is 4.39 Å². The molecule has 21 heavy (non-hydrogen) atoms. The Labute approximate surface area is 127 Å². The Morgan fingerprint density at radius 2 is 1.86 bits per heavy atom. The molecule has 0 bridgehead atoms. The third-order valence-corrected chi connectivity index (χ3v) is 4.01. The van der Waals surface area contributed by atoms with E-state index in [0.717, 1.165) is 25.1 Å². The summed E-state index contributed by atoms with van der Waals surface area (Å²) in [6.45, 7) is 8.16. The average molecular weight is 285 g/mol. The minimum Gasteiger partial charge on any atom is -0.316 e. The van der Waals surface area contributed by atoms with Gasteiger partial charge in [-0.2, -0.15) is 0 Å². The molecule has 0 fully saturated rings. The van der Waals surface area contributed by atoms with Gasteiger partial charge in [-0.05, 0) is 61.2 Å². The molecule has 0 radical (unpaired) electrons. The molecule has 2 aromatic rings. The molecule has 0 saturated heterocycles. The second-order valence-electron chi connectivity index (χ2n) is 5.68. The summed E-state index contributed by atoms with van der Waals surface area (Å²) in [4.78, 5) is 0. The Bertz CT molecular complexity index is 592. The lowest BCUT2D eigenvalue weighted by atomic mass is 9.90. The van der Waals surface area contributed by atoms with Crippen molar-refractivity contribution >= 4 is 0 Å². The number of likely N-dealkylation sites (N-methyl/N-ethyl adjacent to an activating group) is 1. The first-order valence-corrected chi connectivity index (χ1v) is 7.62. The van der Waals surface area contributed by atoms with Gasteiger partial charge in [0.25, 0.3) is 0 Å². The van der Waals surface area contributed by atoms with Crippen LogP contribution in [0.2, 0.25) is 0 Å². The van der Waals surface area contributed by atoms with Crippen LogP contribution in [0, 0.1) is 19.7 Å². The largest absolute Gasteiger partial charge is 0.316 e. The van der Waals surface area contributed by atoms with Crippen LogP contribution in [0.4, 0.5) is 4.39 Å². The predicted molar refractivity (Wildman–Crippen MR) is 87.3 cm³/mol. The number of hydrogen-bond acceptors (Lipinski definition) is 1. The van der Waals surface area contributed by atoms with Crippen molar-refractivity contribution in [3.63, 3.8) is 0 Å². The zero-order valence-corrected chi connectivity index (χ0v) is 13.1. The van der Waals surface area contributed by atoms with Gasteiger partial charge in [0.1, 0.15) is 5.82 Å². The summed E-state index contributed by atoms with van der Waals surface area (Å²) in [7, 11) is 0. The van der Waals surface area contributed by atoms with Crippen molar-refractivity contribution in [1.82, 2.24) is 5.32 Å². The van der Waals surface area contributed by atoms with Crippen LogP contribution in [0.5, 0.6) is 0 Å². The highest BCUT2D eigenvalue weighted by molar-refractivity contribution is 5.32. The van der Waals surface area contributed by atoms with Crippen LogP contribution < -0.4 is 5.32 Å². The molecule has 0 saturated carbocycles. The third kappa shape index (κ3) is 4.40. The Balaban J connectivity index is 2.21. The summed E-state index contributed by atoms with van der Waals surface area (Å²) < 4.78 is 13.5. The molecule has 0 amide bonds. The maximum Gasteiger partial charge on any atom is 0.123 e. The monoisotopic (exact) mass is 285 g/mol. The van der Waals surface area contributed by atoms with Crippen molar-refractivity contribution in [1.29, 1.82) is 0 Å². The molecular weight excluding hydrogens is 261 g/mol. The lowest BCUT2D eigenvalue weighted by molar-refractivity contribution is 0.582. The molecule has 0 aliphatic heterocycles. The molecule has 112 valence electrons. The summed E-state index contributed by atoms with van der Waals surface area (Å²) in [5, 5.41) is 3.39. The fourth-order valence-corrected chi connectivity index (χ4v) is 2.60. The van der Waals surface area contributed by atoms with E-state index in [4.69, 9.17) is 0 Å². The van der Waals surface area contributed by atoms with Gasteiger partial charge in [0.2, 0.25) is 0 Å². The summed E-state index contributed by atoms with van der Waals surface area (Å²) in [5.41, 5.74) is 5.00. The van der Waals surface area contributed by atoms with Gasteiger partial charge in [0, 0.05) is 12.5 Å². The van der Waals surface area contributed by atoms with Crippen LogP contribution in [0.25, 0.3) is 0 Å². The number of hydrogen-bond donors (Lipinski definition) is 1. The summed E-state index contributed by atoms with van der Waals surface area (Å²) in [6, 6.07) is 13.6. The van der Waals surface area contributed by atoms with Gasteiger partial charge in [-0.3, -0.25) is 0 Å². The van der Waals surface area contributed by atoms with Crippen molar-refractivity contribution in [3.8, 4) is 0 Å². The maximum atomic E-state index is 13.5. The first-order valence-electron chi connectivity index (χ1n) is 7.62. The van der Waals surface area contributed by atoms with E-state index in [1.54, 1.807) is 12.1 Å². The van der Waals surface area contributed by atoms with Crippen LogP contribution in [0.3, 0.4) is 0 Å². The number of nitrogens with one attached hydrogen (secondary N) is 1. The second-order valence-corrected chi connectivity index (χ2v) is 5.68. The standard InChI is InChI=1S/C19H24FN/c1-4-21-13-18(17-6-5-7-19(20)12-17)11-16-9-8-14(2)15(3)10-16/h5-10,12,18,21H,4,11,13H2,1-3H3. The molecule has 0 spiro atoms. The lowest BCUT2D eigenvalue weighted by Gasteiger charge is -2.19. The van der Waals surface area contributed by atoms with Crippen LogP contribution in [0.15, 0.2) is 42.5 Å². The van der Waals surface area contributed by atoms with Crippen LogP contribution in [-0.2, 0) is 6.42 Å². The van der Waals surface area contributed by atoms with Gasteiger partial charge in [0.05, 0.1) is 0 Å². The Hall–Kier alpha value is -1.67. The second kappa shape index (κ2) is 7.37. The summed E-state index contributed by atoms with van der Waals surface area (Å²) >= 11 is 0. The summed E-state index contributed by atoms with van der Waals surface area (Å²) in [6.07, 6.45) is 0.928. The van der Waals surface area contributed by atoms with Gasteiger partial charge < -0.3 is 5.32 Å². The van der Waals surface area contributed by atoms with E-state index in [0.29, 0.717) is 5.92 Å². The average Bonchev–Trinajstić information content (AvgIpc) is 2.47. The molecule has 1 unspecified atom stereocenters. The maximum absolute atomic E-state index is 13.5. The van der Waals surface area contributed by atoms with E-state index in [2.05, 4.69) is 44.3 Å². The highest BCUT2D eigenvalue weighted by atomic mass is 19.1. The number of rotatable bonds is 6. The molecular formula is C19H24FN. The van der Waals surface area contributed by atoms with Crippen molar-refractivity contribution < 1.29 is 4.39 Å².